The molecule has 2 rings (SSSR count). The largest absolute Gasteiger partial charge is 0.329 e. The second-order valence-electron chi connectivity index (χ2n) is 4.96. The number of terminal acetylenes is 1. The Bertz CT molecular complexity index is 433. The van der Waals surface area contributed by atoms with Gasteiger partial charge in [-0.2, -0.15) is 0 Å². The lowest BCUT2D eigenvalue weighted by atomic mass is 9.77. The lowest BCUT2D eigenvalue weighted by molar-refractivity contribution is 0.284. The number of hydrogen-bond donors (Lipinski definition) is 2. The number of benzene rings is 1. The molecule has 1 aliphatic carbocycles. The predicted molar refractivity (Wildman–Crippen MR) is 71.7 cm³/mol. The molecular formula is C15H20N2. The van der Waals surface area contributed by atoms with E-state index < -0.39 is 0 Å². The van der Waals surface area contributed by atoms with E-state index in [0.717, 1.165) is 19.3 Å². The third-order valence-corrected chi connectivity index (χ3v) is 3.68. The maximum Gasteiger partial charge on any atom is 0.0663 e. The van der Waals surface area contributed by atoms with E-state index >= 15 is 0 Å². The molecule has 0 saturated carbocycles. The molecule has 0 spiro atoms. The summed E-state index contributed by atoms with van der Waals surface area (Å²) in [5, 5.41) is 3.51. The molecular weight excluding hydrogens is 208 g/mol. The van der Waals surface area contributed by atoms with Gasteiger partial charge in [0.15, 0.2) is 0 Å². The lowest BCUT2D eigenvalue weighted by Gasteiger charge is -2.39. The molecule has 0 amide bonds. The summed E-state index contributed by atoms with van der Waals surface area (Å²) in [5.41, 5.74) is 8.79. The molecule has 0 bridgehead atoms. The van der Waals surface area contributed by atoms with Crippen molar-refractivity contribution >= 4 is 0 Å². The SMILES string of the molecule is C#CC(C)NC1(CN)CCc2ccccc2C1. The highest BCUT2D eigenvalue weighted by Crippen LogP contribution is 2.28. The number of hydrogen-bond acceptors (Lipinski definition) is 2. The first kappa shape index (κ1) is 12.2. The molecule has 3 N–H and O–H groups in total. The summed E-state index contributed by atoms with van der Waals surface area (Å²) in [5.74, 6) is 2.73. The molecule has 1 aromatic carbocycles. The third kappa shape index (κ3) is 2.52. The fourth-order valence-electron chi connectivity index (χ4n) is 2.66. The topological polar surface area (TPSA) is 38.0 Å². The van der Waals surface area contributed by atoms with Gasteiger partial charge >= 0.3 is 0 Å². The van der Waals surface area contributed by atoms with Gasteiger partial charge < -0.3 is 5.73 Å². The third-order valence-electron chi connectivity index (χ3n) is 3.68. The van der Waals surface area contributed by atoms with Crippen LogP contribution < -0.4 is 11.1 Å². The van der Waals surface area contributed by atoms with Crippen LogP contribution in [0.4, 0.5) is 0 Å². The van der Waals surface area contributed by atoms with Crippen LogP contribution in [-0.2, 0) is 12.8 Å². The standard InChI is InChI=1S/C15H20N2/c1-3-12(2)17-15(11-16)9-8-13-6-4-5-7-14(13)10-15/h1,4-7,12,17H,8-11,16H2,2H3. The van der Waals surface area contributed by atoms with E-state index in [1.807, 2.05) is 6.92 Å². The maximum atomic E-state index is 5.97. The number of fused-ring (bicyclic) bond motifs is 1. The number of nitrogens with two attached hydrogens (primary N) is 1. The summed E-state index contributed by atoms with van der Waals surface area (Å²) in [6, 6.07) is 8.67. The molecule has 1 aromatic rings. The normalized spacial score (nSPS) is 24.8. The summed E-state index contributed by atoms with van der Waals surface area (Å²) >= 11 is 0. The van der Waals surface area contributed by atoms with Crippen molar-refractivity contribution in [2.24, 2.45) is 5.73 Å². The molecule has 0 saturated heterocycles. The van der Waals surface area contributed by atoms with E-state index in [2.05, 4.69) is 35.5 Å². The van der Waals surface area contributed by atoms with Gasteiger partial charge in [-0.25, -0.2) is 0 Å². The highest BCUT2D eigenvalue weighted by molar-refractivity contribution is 5.32. The fraction of sp³-hybridized carbons (Fsp3) is 0.467. The fourth-order valence-corrected chi connectivity index (χ4v) is 2.66. The lowest BCUT2D eigenvalue weighted by Crippen LogP contribution is -2.57. The van der Waals surface area contributed by atoms with Crippen molar-refractivity contribution in [3.8, 4) is 12.3 Å². The zero-order valence-electron chi connectivity index (χ0n) is 10.4. The molecule has 90 valence electrons. The van der Waals surface area contributed by atoms with E-state index in [4.69, 9.17) is 12.2 Å². The van der Waals surface area contributed by atoms with Crippen molar-refractivity contribution in [2.45, 2.75) is 37.8 Å². The average molecular weight is 228 g/mol. The van der Waals surface area contributed by atoms with Crippen LogP contribution in [-0.4, -0.2) is 18.1 Å². The molecule has 0 heterocycles. The first-order valence-corrected chi connectivity index (χ1v) is 6.20. The van der Waals surface area contributed by atoms with Gasteiger partial charge in [-0.1, -0.05) is 30.2 Å². The molecule has 0 fully saturated rings. The Morgan fingerprint density at radius 2 is 2.18 bits per heavy atom. The second-order valence-corrected chi connectivity index (χ2v) is 4.96. The molecule has 2 unspecified atom stereocenters. The maximum absolute atomic E-state index is 5.97. The van der Waals surface area contributed by atoms with Crippen molar-refractivity contribution in [2.75, 3.05) is 6.54 Å². The Labute approximate surface area is 104 Å². The molecule has 2 nitrogen and oxygen atoms in total. The number of aryl methyl sites for hydroxylation is 1. The minimum absolute atomic E-state index is 0.0276. The monoisotopic (exact) mass is 228 g/mol. The van der Waals surface area contributed by atoms with E-state index in [0.29, 0.717) is 6.54 Å². The van der Waals surface area contributed by atoms with Crippen LogP contribution in [0.5, 0.6) is 0 Å². The van der Waals surface area contributed by atoms with Gasteiger partial charge in [-0.15, -0.1) is 6.42 Å². The van der Waals surface area contributed by atoms with Crippen LogP contribution in [0, 0.1) is 12.3 Å². The van der Waals surface area contributed by atoms with Gasteiger partial charge in [0, 0.05) is 12.1 Å². The Morgan fingerprint density at radius 1 is 1.47 bits per heavy atom. The molecule has 0 aliphatic heterocycles. The van der Waals surface area contributed by atoms with Crippen molar-refractivity contribution < 1.29 is 0 Å². The molecule has 17 heavy (non-hydrogen) atoms. The van der Waals surface area contributed by atoms with Crippen LogP contribution in [0.25, 0.3) is 0 Å². The Hall–Kier alpha value is -1.30. The van der Waals surface area contributed by atoms with E-state index in [-0.39, 0.29) is 11.6 Å². The summed E-state index contributed by atoms with van der Waals surface area (Å²) in [6.07, 6.45) is 8.57. The van der Waals surface area contributed by atoms with Crippen LogP contribution in [0.2, 0.25) is 0 Å². The van der Waals surface area contributed by atoms with Gasteiger partial charge in [-0.05, 0) is 37.3 Å². The van der Waals surface area contributed by atoms with Crippen LogP contribution >= 0.6 is 0 Å². The van der Waals surface area contributed by atoms with Crippen molar-refractivity contribution in [1.82, 2.24) is 5.32 Å². The van der Waals surface area contributed by atoms with Gasteiger partial charge in [0.25, 0.3) is 0 Å². The second kappa shape index (κ2) is 4.91. The van der Waals surface area contributed by atoms with Crippen LogP contribution in [0.15, 0.2) is 24.3 Å². The number of nitrogens with one attached hydrogen (secondary N) is 1. The summed E-state index contributed by atoms with van der Waals surface area (Å²) in [7, 11) is 0. The first-order valence-electron chi connectivity index (χ1n) is 6.20. The Morgan fingerprint density at radius 3 is 2.82 bits per heavy atom. The van der Waals surface area contributed by atoms with E-state index in [9.17, 15) is 0 Å². The first-order chi connectivity index (χ1) is 8.19. The predicted octanol–water partition coefficient (Wildman–Crippen LogP) is 1.48. The van der Waals surface area contributed by atoms with Crippen LogP contribution in [0.3, 0.4) is 0 Å². The van der Waals surface area contributed by atoms with Crippen molar-refractivity contribution in [3.63, 3.8) is 0 Å². The zero-order valence-corrected chi connectivity index (χ0v) is 10.4. The molecule has 2 atom stereocenters. The molecule has 0 radical (unpaired) electrons. The van der Waals surface area contributed by atoms with E-state index in [1.54, 1.807) is 0 Å². The summed E-state index contributed by atoms with van der Waals surface area (Å²) in [4.78, 5) is 0. The van der Waals surface area contributed by atoms with Crippen molar-refractivity contribution in [1.29, 1.82) is 0 Å². The van der Waals surface area contributed by atoms with Gasteiger partial charge in [0.1, 0.15) is 0 Å². The molecule has 0 aromatic heterocycles. The minimum Gasteiger partial charge on any atom is -0.329 e. The molecule has 2 heteroatoms. The number of rotatable bonds is 3. The quantitative estimate of drug-likeness (QED) is 0.769. The van der Waals surface area contributed by atoms with Crippen LogP contribution in [0.1, 0.15) is 24.5 Å². The zero-order chi connectivity index (χ0) is 12.3. The van der Waals surface area contributed by atoms with Crippen molar-refractivity contribution in [3.05, 3.63) is 35.4 Å². The average Bonchev–Trinajstić information content (AvgIpc) is 2.38. The summed E-state index contributed by atoms with van der Waals surface area (Å²) in [6.45, 7) is 2.64. The van der Waals surface area contributed by atoms with Gasteiger partial charge in [0.2, 0.25) is 0 Å². The highest BCUT2D eigenvalue weighted by atomic mass is 15.0. The molecule has 1 aliphatic rings. The highest BCUT2D eigenvalue weighted by Gasteiger charge is 2.33. The summed E-state index contributed by atoms with van der Waals surface area (Å²) < 4.78 is 0. The Kier molecular flexibility index (Phi) is 3.51. The Balaban J connectivity index is 2.21. The van der Waals surface area contributed by atoms with Gasteiger partial charge in [0.05, 0.1) is 6.04 Å². The smallest absolute Gasteiger partial charge is 0.0663 e. The van der Waals surface area contributed by atoms with Gasteiger partial charge in [-0.3, -0.25) is 5.32 Å². The van der Waals surface area contributed by atoms with E-state index in [1.165, 1.54) is 11.1 Å². The minimum atomic E-state index is -0.0276.